The van der Waals surface area contributed by atoms with Gasteiger partial charge in [0.25, 0.3) is 0 Å². The molecule has 1 aliphatic heterocycles. The molecular weight excluding hydrogens is 445 g/mol. The summed E-state index contributed by atoms with van der Waals surface area (Å²) < 4.78 is 5.67. The summed E-state index contributed by atoms with van der Waals surface area (Å²) in [6.45, 7) is 6.13. The van der Waals surface area contributed by atoms with Gasteiger partial charge in [0.2, 0.25) is 0 Å². The van der Waals surface area contributed by atoms with Crippen LogP contribution in [0.1, 0.15) is 50.7 Å². The van der Waals surface area contributed by atoms with Crippen LogP contribution in [0.3, 0.4) is 0 Å². The number of hydrogen-bond donors (Lipinski definition) is 1. The van der Waals surface area contributed by atoms with Crippen LogP contribution in [-0.4, -0.2) is 11.8 Å². The van der Waals surface area contributed by atoms with Gasteiger partial charge in [-0.2, -0.15) is 0 Å². The summed E-state index contributed by atoms with van der Waals surface area (Å²) in [5.41, 5.74) is 3.90. The molecule has 0 spiro atoms. The van der Waals surface area contributed by atoms with Crippen LogP contribution in [0.2, 0.25) is 10.0 Å². The smallest absolute Gasteiger partial charge is 0.337 e. The molecule has 4 nitrogen and oxygen atoms in total. The molecule has 1 atom stereocenters. The van der Waals surface area contributed by atoms with Gasteiger partial charge < -0.3 is 10.1 Å². The van der Waals surface area contributed by atoms with Crippen molar-refractivity contribution < 1.29 is 14.3 Å². The molecular formula is C26H25Cl2NO3. The molecule has 1 heterocycles. The number of carbonyl (C=O) groups excluding carboxylic acids is 2. The first-order valence-electron chi connectivity index (χ1n) is 10.6. The minimum absolute atomic E-state index is 0.0145. The number of rotatable bonds is 4. The Morgan fingerprint density at radius 3 is 2.53 bits per heavy atom. The monoisotopic (exact) mass is 469 g/mol. The number of halogens is 2. The van der Waals surface area contributed by atoms with Crippen molar-refractivity contribution in [3.8, 4) is 0 Å². The van der Waals surface area contributed by atoms with Crippen molar-refractivity contribution in [1.29, 1.82) is 0 Å². The molecule has 1 aliphatic carbocycles. The van der Waals surface area contributed by atoms with Crippen LogP contribution in [0.5, 0.6) is 0 Å². The number of ether oxygens (including phenoxy) is 1. The van der Waals surface area contributed by atoms with Gasteiger partial charge in [0, 0.05) is 39.4 Å². The number of esters is 1. The molecule has 0 aromatic heterocycles. The van der Waals surface area contributed by atoms with Gasteiger partial charge in [0.15, 0.2) is 5.78 Å². The van der Waals surface area contributed by atoms with E-state index in [2.05, 4.69) is 19.2 Å². The van der Waals surface area contributed by atoms with E-state index in [0.717, 1.165) is 11.3 Å². The summed E-state index contributed by atoms with van der Waals surface area (Å²) in [5, 5.41) is 4.24. The summed E-state index contributed by atoms with van der Waals surface area (Å²) >= 11 is 12.7. The van der Waals surface area contributed by atoms with E-state index in [1.165, 1.54) is 0 Å². The average molecular weight is 470 g/mol. The predicted octanol–water partition coefficient (Wildman–Crippen LogP) is 6.34. The van der Waals surface area contributed by atoms with Crippen molar-refractivity contribution >= 4 is 35.0 Å². The Hall–Kier alpha value is -2.56. The number of dihydropyridines is 1. The summed E-state index contributed by atoms with van der Waals surface area (Å²) in [4.78, 5) is 26.6. The highest BCUT2D eigenvalue weighted by Gasteiger charge is 2.43. The van der Waals surface area contributed by atoms with Gasteiger partial charge in [-0.3, -0.25) is 4.79 Å². The highest BCUT2D eigenvalue weighted by molar-refractivity contribution is 6.35. The van der Waals surface area contributed by atoms with Gasteiger partial charge in [0.05, 0.1) is 5.57 Å². The number of hydrogen-bond acceptors (Lipinski definition) is 4. The standard InChI is InChI=1S/C26H25Cl2NO3/c1-15-22(25(31)32-14-16-7-5-4-6-8-16)23(18-10-9-17(27)11-19(18)28)24-20(29-15)12-26(2,3)13-21(24)30/h4-11,23,29H,12-14H2,1-3H3/t23-/m1/s1. The zero-order valence-electron chi connectivity index (χ0n) is 18.3. The van der Waals surface area contributed by atoms with E-state index in [0.29, 0.717) is 45.3 Å². The minimum Gasteiger partial charge on any atom is -0.457 e. The first-order valence-corrected chi connectivity index (χ1v) is 11.3. The quantitative estimate of drug-likeness (QED) is 0.530. The molecule has 32 heavy (non-hydrogen) atoms. The maximum absolute atomic E-state index is 13.3. The fraction of sp³-hybridized carbons (Fsp3) is 0.308. The van der Waals surface area contributed by atoms with Crippen LogP contribution >= 0.6 is 23.2 Å². The molecule has 4 rings (SSSR count). The molecule has 2 aromatic rings. The third-order valence-corrected chi connectivity index (χ3v) is 6.51. The SMILES string of the molecule is CC1=C(C(=O)OCc2ccccc2)[C@@H](c2ccc(Cl)cc2Cl)C2=C(CC(C)(C)CC2=O)N1. The fourth-order valence-electron chi connectivity index (χ4n) is 4.55. The molecule has 0 amide bonds. The zero-order chi connectivity index (χ0) is 23.0. The number of benzene rings is 2. The molecule has 166 valence electrons. The number of carbonyl (C=O) groups is 2. The molecule has 6 heteroatoms. The molecule has 0 bridgehead atoms. The van der Waals surface area contributed by atoms with E-state index >= 15 is 0 Å². The van der Waals surface area contributed by atoms with E-state index in [1.54, 1.807) is 18.2 Å². The molecule has 2 aromatic carbocycles. The van der Waals surface area contributed by atoms with Gasteiger partial charge in [-0.25, -0.2) is 4.79 Å². The Kier molecular flexibility index (Phi) is 6.19. The number of Topliss-reactive ketones (excluding diaryl/α,β-unsaturated/α-hetero) is 1. The van der Waals surface area contributed by atoms with Crippen LogP contribution in [0.4, 0.5) is 0 Å². The second kappa shape index (κ2) is 8.76. The van der Waals surface area contributed by atoms with Crippen LogP contribution in [0.25, 0.3) is 0 Å². The predicted molar refractivity (Wildman–Crippen MR) is 126 cm³/mol. The molecule has 0 saturated heterocycles. The Labute approximate surface area is 198 Å². The zero-order valence-corrected chi connectivity index (χ0v) is 19.8. The van der Waals surface area contributed by atoms with Crippen molar-refractivity contribution in [2.24, 2.45) is 5.41 Å². The fourth-order valence-corrected chi connectivity index (χ4v) is 5.07. The summed E-state index contributed by atoms with van der Waals surface area (Å²) in [7, 11) is 0. The Morgan fingerprint density at radius 2 is 1.84 bits per heavy atom. The van der Waals surface area contributed by atoms with E-state index in [4.69, 9.17) is 27.9 Å². The van der Waals surface area contributed by atoms with E-state index in [-0.39, 0.29) is 17.8 Å². The second-order valence-corrected chi connectivity index (χ2v) is 10.0. The maximum Gasteiger partial charge on any atom is 0.337 e. The second-order valence-electron chi connectivity index (χ2n) is 9.16. The van der Waals surface area contributed by atoms with Gasteiger partial charge in [0.1, 0.15) is 6.61 Å². The van der Waals surface area contributed by atoms with Crippen molar-refractivity contribution in [2.45, 2.75) is 46.1 Å². The molecule has 2 aliphatic rings. The van der Waals surface area contributed by atoms with Crippen LogP contribution in [0, 0.1) is 5.41 Å². The van der Waals surface area contributed by atoms with Crippen LogP contribution in [-0.2, 0) is 20.9 Å². The lowest BCUT2D eigenvalue weighted by Crippen LogP contribution is -2.38. The average Bonchev–Trinajstić information content (AvgIpc) is 2.71. The normalized spacial score (nSPS) is 20.0. The van der Waals surface area contributed by atoms with Crippen molar-refractivity contribution in [1.82, 2.24) is 5.32 Å². The Bertz CT molecular complexity index is 1150. The van der Waals surface area contributed by atoms with Crippen molar-refractivity contribution in [3.63, 3.8) is 0 Å². The van der Waals surface area contributed by atoms with Crippen LogP contribution < -0.4 is 5.32 Å². The Morgan fingerprint density at radius 1 is 1.12 bits per heavy atom. The topological polar surface area (TPSA) is 55.4 Å². The lowest BCUT2D eigenvalue weighted by Gasteiger charge is -2.39. The summed E-state index contributed by atoms with van der Waals surface area (Å²) in [5.74, 6) is -1.07. The van der Waals surface area contributed by atoms with Crippen LogP contribution in [0.15, 0.2) is 71.1 Å². The summed E-state index contributed by atoms with van der Waals surface area (Å²) in [6, 6.07) is 14.6. The minimum atomic E-state index is -0.608. The maximum atomic E-state index is 13.3. The third kappa shape index (κ3) is 4.48. The lowest BCUT2D eigenvalue weighted by molar-refractivity contribution is -0.140. The third-order valence-electron chi connectivity index (χ3n) is 5.95. The number of nitrogens with one attached hydrogen (secondary N) is 1. The number of allylic oxidation sites excluding steroid dienone is 3. The highest BCUT2D eigenvalue weighted by Crippen LogP contribution is 2.48. The summed E-state index contributed by atoms with van der Waals surface area (Å²) in [6.07, 6.45) is 1.11. The Balaban J connectivity index is 1.77. The van der Waals surface area contributed by atoms with Crippen molar-refractivity contribution in [3.05, 3.63) is 92.2 Å². The van der Waals surface area contributed by atoms with Crippen molar-refractivity contribution in [2.75, 3.05) is 0 Å². The van der Waals surface area contributed by atoms with Gasteiger partial charge in [-0.15, -0.1) is 0 Å². The highest BCUT2D eigenvalue weighted by atomic mass is 35.5. The molecule has 0 unspecified atom stereocenters. The van der Waals surface area contributed by atoms with E-state index in [1.807, 2.05) is 37.3 Å². The van der Waals surface area contributed by atoms with E-state index in [9.17, 15) is 9.59 Å². The first-order chi connectivity index (χ1) is 15.2. The van der Waals surface area contributed by atoms with Gasteiger partial charge in [-0.05, 0) is 42.0 Å². The molecule has 1 N–H and O–H groups in total. The first kappa shape index (κ1) is 22.6. The molecule has 0 fully saturated rings. The molecule has 0 saturated carbocycles. The lowest BCUT2D eigenvalue weighted by atomic mass is 9.68. The van der Waals surface area contributed by atoms with Gasteiger partial charge >= 0.3 is 5.97 Å². The largest absolute Gasteiger partial charge is 0.457 e. The molecule has 0 radical (unpaired) electrons. The number of ketones is 1. The van der Waals surface area contributed by atoms with E-state index < -0.39 is 11.9 Å². The van der Waals surface area contributed by atoms with Gasteiger partial charge in [-0.1, -0.05) is 73.4 Å².